The molecule has 0 heterocycles. The first-order valence-electron chi connectivity index (χ1n) is 7.20. The van der Waals surface area contributed by atoms with Crippen molar-refractivity contribution in [1.29, 1.82) is 0 Å². The van der Waals surface area contributed by atoms with Gasteiger partial charge in [0.1, 0.15) is 0 Å². The van der Waals surface area contributed by atoms with Crippen LogP contribution in [0.15, 0.2) is 46.7 Å². The maximum Gasteiger partial charge on any atom is 0.0549 e. The van der Waals surface area contributed by atoms with Gasteiger partial charge >= 0.3 is 0 Å². The lowest BCUT2D eigenvalue weighted by atomic mass is 10.2. The molecule has 20 heavy (non-hydrogen) atoms. The van der Waals surface area contributed by atoms with Crippen molar-refractivity contribution >= 4 is 11.8 Å². The SMILES string of the molecule is C=C(C#Cc1ccc(C)cc1)S/C(C)=C\C.CC.CC. The van der Waals surface area contributed by atoms with Crippen molar-refractivity contribution in [2.24, 2.45) is 0 Å². The standard InChI is InChI=1S/C15H16S.2C2H6/c1-5-13(3)16-14(4)8-11-15-9-6-12(2)7-10-15;2*1-2/h5-7,9-10H,4H2,1-3H3;2*1-2H3/b13-5-;;. The van der Waals surface area contributed by atoms with E-state index >= 15 is 0 Å². The maximum atomic E-state index is 3.92. The van der Waals surface area contributed by atoms with Gasteiger partial charge in [-0.2, -0.15) is 0 Å². The molecule has 0 unspecified atom stereocenters. The van der Waals surface area contributed by atoms with Crippen molar-refractivity contribution in [3.63, 3.8) is 0 Å². The van der Waals surface area contributed by atoms with Crippen molar-refractivity contribution < 1.29 is 0 Å². The van der Waals surface area contributed by atoms with E-state index in [0.717, 1.165) is 10.5 Å². The van der Waals surface area contributed by atoms with Gasteiger partial charge in [-0.1, -0.05) is 81.6 Å². The topological polar surface area (TPSA) is 0 Å². The molecule has 0 spiro atoms. The van der Waals surface area contributed by atoms with E-state index in [1.807, 2.05) is 46.8 Å². The first-order chi connectivity index (χ1) is 9.61. The van der Waals surface area contributed by atoms with Crippen LogP contribution in [0.25, 0.3) is 0 Å². The number of hydrogen-bond donors (Lipinski definition) is 0. The zero-order valence-corrected chi connectivity index (χ0v) is 14.8. The Hall–Kier alpha value is -1.39. The zero-order chi connectivity index (χ0) is 16.0. The van der Waals surface area contributed by atoms with Crippen LogP contribution in [0.2, 0.25) is 0 Å². The van der Waals surface area contributed by atoms with Crippen LogP contribution in [-0.4, -0.2) is 0 Å². The molecule has 0 atom stereocenters. The fourth-order valence-electron chi connectivity index (χ4n) is 1.06. The summed E-state index contributed by atoms with van der Waals surface area (Å²) in [7, 11) is 0. The second-order valence-electron chi connectivity index (χ2n) is 3.54. The molecule has 0 bridgehead atoms. The molecule has 0 aliphatic carbocycles. The van der Waals surface area contributed by atoms with Crippen LogP contribution < -0.4 is 0 Å². The Morgan fingerprint density at radius 1 is 1.10 bits per heavy atom. The van der Waals surface area contributed by atoms with Gasteiger partial charge in [0.2, 0.25) is 0 Å². The zero-order valence-electron chi connectivity index (χ0n) is 14.0. The van der Waals surface area contributed by atoms with E-state index in [9.17, 15) is 0 Å². The lowest BCUT2D eigenvalue weighted by molar-refractivity contribution is 1.46. The molecule has 0 aromatic heterocycles. The van der Waals surface area contributed by atoms with Gasteiger partial charge in [0.25, 0.3) is 0 Å². The second kappa shape index (κ2) is 14.0. The van der Waals surface area contributed by atoms with Crippen LogP contribution in [0.3, 0.4) is 0 Å². The minimum absolute atomic E-state index is 0.885. The molecule has 0 amide bonds. The monoisotopic (exact) mass is 288 g/mol. The number of allylic oxidation sites excluding steroid dienone is 3. The predicted octanol–water partition coefficient (Wildman–Crippen LogP) is 6.57. The van der Waals surface area contributed by atoms with Gasteiger partial charge in [-0.05, 0) is 37.8 Å². The van der Waals surface area contributed by atoms with Crippen LogP contribution in [0, 0.1) is 18.8 Å². The summed E-state index contributed by atoms with van der Waals surface area (Å²) in [6, 6.07) is 8.19. The van der Waals surface area contributed by atoms with Gasteiger partial charge in [0, 0.05) is 5.56 Å². The summed E-state index contributed by atoms with van der Waals surface area (Å²) in [6.45, 7) is 18.1. The summed E-state index contributed by atoms with van der Waals surface area (Å²) >= 11 is 1.61. The molecule has 0 radical (unpaired) electrons. The third-order valence-corrected chi connectivity index (χ3v) is 2.99. The second-order valence-corrected chi connectivity index (χ2v) is 4.88. The molecule has 0 saturated heterocycles. The molecule has 1 rings (SSSR count). The van der Waals surface area contributed by atoms with Gasteiger partial charge in [0.15, 0.2) is 0 Å². The van der Waals surface area contributed by atoms with Gasteiger partial charge < -0.3 is 0 Å². The minimum atomic E-state index is 0.885. The lowest BCUT2D eigenvalue weighted by Crippen LogP contribution is -1.76. The minimum Gasteiger partial charge on any atom is -0.0866 e. The van der Waals surface area contributed by atoms with E-state index in [0.29, 0.717) is 0 Å². The Morgan fingerprint density at radius 3 is 2.05 bits per heavy atom. The van der Waals surface area contributed by atoms with E-state index in [2.05, 4.69) is 50.5 Å². The van der Waals surface area contributed by atoms with Crippen molar-refractivity contribution in [1.82, 2.24) is 0 Å². The molecule has 0 aliphatic rings. The van der Waals surface area contributed by atoms with Gasteiger partial charge in [-0.25, -0.2) is 0 Å². The summed E-state index contributed by atoms with van der Waals surface area (Å²) in [4.78, 5) is 2.11. The molecule has 0 N–H and O–H groups in total. The smallest absolute Gasteiger partial charge is 0.0549 e. The van der Waals surface area contributed by atoms with Gasteiger partial charge in [0.05, 0.1) is 4.91 Å². The average molecular weight is 288 g/mol. The summed E-state index contributed by atoms with van der Waals surface area (Å²) in [6.07, 6.45) is 2.06. The van der Waals surface area contributed by atoms with E-state index < -0.39 is 0 Å². The van der Waals surface area contributed by atoms with E-state index in [4.69, 9.17) is 0 Å². The molecular formula is C19H28S. The van der Waals surface area contributed by atoms with Crippen LogP contribution in [0.4, 0.5) is 0 Å². The summed E-state index contributed by atoms with van der Waals surface area (Å²) < 4.78 is 0. The maximum absolute atomic E-state index is 3.92. The number of rotatable bonds is 2. The third kappa shape index (κ3) is 10.5. The first-order valence-corrected chi connectivity index (χ1v) is 8.02. The van der Waals surface area contributed by atoms with Crippen molar-refractivity contribution in [2.75, 3.05) is 0 Å². The molecule has 110 valence electrons. The average Bonchev–Trinajstić information content (AvgIpc) is 2.50. The number of benzene rings is 1. The molecule has 1 aromatic carbocycles. The number of hydrogen-bond acceptors (Lipinski definition) is 1. The highest BCUT2D eigenvalue weighted by atomic mass is 32.2. The lowest BCUT2D eigenvalue weighted by Gasteiger charge is -1.96. The molecule has 1 heteroatoms. The quantitative estimate of drug-likeness (QED) is 0.555. The van der Waals surface area contributed by atoms with Gasteiger partial charge in [-0.15, -0.1) is 0 Å². The van der Waals surface area contributed by atoms with Crippen LogP contribution >= 0.6 is 11.8 Å². The Bertz CT molecular complexity index is 453. The Morgan fingerprint density at radius 2 is 1.60 bits per heavy atom. The first kappa shape index (κ1) is 20.9. The largest absolute Gasteiger partial charge is 0.0866 e. The highest BCUT2D eigenvalue weighted by Gasteiger charge is 1.91. The van der Waals surface area contributed by atoms with Crippen molar-refractivity contribution in [3.05, 3.63) is 57.9 Å². The molecule has 0 fully saturated rings. The molecule has 1 aromatic rings. The fourth-order valence-corrected chi connectivity index (χ4v) is 1.67. The Labute approximate surface area is 130 Å². The van der Waals surface area contributed by atoms with E-state index in [-0.39, 0.29) is 0 Å². The molecular weight excluding hydrogens is 260 g/mol. The van der Waals surface area contributed by atoms with Crippen molar-refractivity contribution in [2.45, 2.75) is 48.5 Å². The highest BCUT2D eigenvalue weighted by molar-refractivity contribution is 8.06. The Kier molecular flexibility index (Phi) is 14.7. The van der Waals surface area contributed by atoms with Crippen LogP contribution in [-0.2, 0) is 0 Å². The highest BCUT2D eigenvalue weighted by Crippen LogP contribution is 2.22. The normalized spacial score (nSPS) is 9.05. The van der Waals surface area contributed by atoms with Crippen LogP contribution in [0.5, 0.6) is 0 Å². The van der Waals surface area contributed by atoms with Gasteiger partial charge in [-0.3, -0.25) is 0 Å². The fraction of sp³-hybridized carbons (Fsp3) is 0.368. The molecule has 0 aliphatic heterocycles. The van der Waals surface area contributed by atoms with Crippen molar-refractivity contribution in [3.8, 4) is 11.8 Å². The molecule has 0 nitrogen and oxygen atoms in total. The van der Waals surface area contributed by atoms with E-state index in [1.165, 1.54) is 10.5 Å². The predicted molar refractivity (Wildman–Crippen MR) is 96.9 cm³/mol. The van der Waals surface area contributed by atoms with E-state index in [1.54, 1.807) is 11.8 Å². The summed E-state index contributed by atoms with van der Waals surface area (Å²) in [5.74, 6) is 6.16. The third-order valence-electron chi connectivity index (χ3n) is 2.09. The van der Waals surface area contributed by atoms with Crippen LogP contribution in [0.1, 0.15) is 52.7 Å². The summed E-state index contributed by atoms with van der Waals surface area (Å²) in [5.41, 5.74) is 2.29. The molecule has 0 saturated carbocycles. The summed E-state index contributed by atoms with van der Waals surface area (Å²) in [5, 5.41) is 0. The Balaban J connectivity index is 0. The number of aryl methyl sites for hydroxylation is 1. The number of thioether (sulfide) groups is 1.